The molecule has 140 valence electrons. The Labute approximate surface area is 163 Å². The van der Waals surface area contributed by atoms with Crippen LogP contribution in [0.3, 0.4) is 0 Å². The number of ether oxygens (including phenoxy) is 1. The summed E-state index contributed by atoms with van der Waals surface area (Å²) in [5, 5.41) is 6.27. The number of anilines is 1. The zero-order chi connectivity index (χ0) is 19.4. The van der Waals surface area contributed by atoms with Crippen molar-refractivity contribution in [1.29, 1.82) is 0 Å². The highest BCUT2D eigenvalue weighted by Gasteiger charge is 2.23. The van der Waals surface area contributed by atoms with Crippen LogP contribution in [0, 0.1) is 5.92 Å². The van der Waals surface area contributed by atoms with E-state index < -0.39 is 0 Å². The lowest BCUT2D eigenvalue weighted by Gasteiger charge is -2.20. The van der Waals surface area contributed by atoms with E-state index in [1.54, 1.807) is 48.5 Å². The van der Waals surface area contributed by atoms with Crippen molar-refractivity contribution >= 4 is 35.2 Å². The van der Waals surface area contributed by atoms with Crippen LogP contribution in [0.25, 0.3) is 6.08 Å². The number of carbonyl (C=O) groups is 2. The summed E-state index contributed by atoms with van der Waals surface area (Å²) in [6, 6.07) is 12.1. The van der Waals surface area contributed by atoms with Crippen LogP contribution in [0.2, 0.25) is 5.02 Å². The van der Waals surface area contributed by atoms with Crippen LogP contribution < -0.4 is 15.4 Å². The van der Waals surface area contributed by atoms with Gasteiger partial charge in [-0.3, -0.25) is 9.59 Å². The van der Waals surface area contributed by atoms with Gasteiger partial charge in [0.05, 0.1) is 5.69 Å². The maximum Gasteiger partial charge on any atom is 0.291 e. The van der Waals surface area contributed by atoms with Gasteiger partial charge in [0.15, 0.2) is 11.5 Å². The van der Waals surface area contributed by atoms with Gasteiger partial charge in [0.25, 0.3) is 11.8 Å². The number of rotatable bonds is 5. The van der Waals surface area contributed by atoms with E-state index in [0.717, 1.165) is 12.0 Å². The highest BCUT2D eigenvalue weighted by molar-refractivity contribution is 6.30. The van der Waals surface area contributed by atoms with Crippen molar-refractivity contribution < 1.29 is 14.3 Å². The quantitative estimate of drug-likeness (QED) is 0.746. The first kappa shape index (κ1) is 19.0. The molecule has 0 bridgehead atoms. The molecule has 0 fully saturated rings. The zero-order valence-corrected chi connectivity index (χ0v) is 16.0. The molecule has 0 unspecified atom stereocenters. The Hall–Kier alpha value is -2.79. The fraction of sp³-hybridized carbons (Fsp3) is 0.238. The number of carbonyl (C=O) groups excluding carboxylic acids is 2. The Bertz CT molecular complexity index is 889. The first-order valence-electron chi connectivity index (χ1n) is 8.81. The van der Waals surface area contributed by atoms with Crippen LogP contribution in [-0.2, 0) is 4.79 Å². The second kappa shape index (κ2) is 8.27. The van der Waals surface area contributed by atoms with Crippen molar-refractivity contribution in [2.24, 2.45) is 5.92 Å². The predicted molar refractivity (Wildman–Crippen MR) is 107 cm³/mol. The van der Waals surface area contributed by atoms with E-state index in [1.807, 2.05) is 0 Å². The number of amides is 2. The molecule has 1 heterocycles. The number of hydrogen-bond donors (Lipinski definition) is 2. The minimum Gasteiger partial charge on any atom is -0.449 e. The lowest BCUT2D eigenvalue weighted by atomic mass is 10.1. The fourth-order valence-electron chi connectivity index (χ4n) is 2.59. The third kappa shape index (κ3) is 4.89. The number of hydrogen-bond acceptors (Lipinski definition) is 3. The van der Waals surface area contributed by atoms with Crippen LogP contribution >= 0.6 is 11.6 Å². The second-order valence-corrected chi connectivity index (χ2v) is 7.20. The average Bonchev–Trinajstić information content (AvgIpc) is 2.63. The van der Waals surface area contributed by atoms with Crippen molar-refractivity contribution in [2.45, 2.75) is 20.3 Å². The molecule has 0 atom stereocenters. The molecule has 5 nitrogen and oxygen atoms in total. The van der Waals surface area contributed by atoms with E-state index in [4.69, 9.17) is 16.3 Å². The SMILES string of the molecule is CC(C)CCNC(=O)c1ccc2c(c1)NC(=O)C(=Cc1ccc(Cl)cc1)O2. The van der Waals surface area contributed by atoms with Crippen molar-refractivity contribution in [2.75, 3.05) is 11.9 Å². The van der Waals surface area contributed by atoms with Gasteiger partial charge in [-0.1, -0.05) is 37.6 Å². The summed E-state index contributed by atoms with van der Waals surface area (Å²) in [5.74, 6) is 0.657. The molecule has 0 aliphatic carbocycles. The van der Waals surface area contributed by atoms with Crippen LogP contribution in [0.5, 0.6) is 5.75 Å². The van der Waals surface area contributed by atoms with Gasteiger partial charge in [-0.05, 0) is 54.3 Å². The van der Waals surface area contributed by atoms with Gasteiger partial charge in [-0.15, -0.1) is 0 Å². The maximum atomic E-state index is 12.3. The summed E-state index contributed by atoms with van der Waals surface area (Å²) in [5.41, 5.74) is 1.76. The normalized spacial score (nSPS) is 14.5. The smallest absolute Gasteiger partial charge is 0.291 e. The Morgan fingerprint density at radius 3 is 2.67 bits per heavy atom. The Balaban J connectivity index is 1.74. The molecule has 0 aromatic heterocycles. The van der Waals surface area contributed by atoms with Crippen molar-refractivity contribution in [1.82, 2.24) is 5.32 Å². The van der Waals surface area contributed by atoms with Crippen LogP contribution in [-0.4, -0.2) is 18.4 Å². The summed E-state index contributed by atoms with van der Waals surface area (Å²) in [6.45, 7) is 4.82. The predicted octanol–water partition coefficient (Wildman–Crippen LogP) is 4.49. The molecule has 2 amide bonds. The lowest BCUT2D eigenvalue weighted by molar-refractivity contribution is -0.115. The molecule has 3 rings (SSSR count). The van der Waals surface area contributed by atoms with Crippen LogP contribution in [0.1, 0.15) is 36.2 Å². The molecule has 0 radical (unpaired) electrons. The van der Waals surface area contributed by atoms with E-state index in [2.05, 4.69) is 24.5 Å². The number of halogens is 1. The van der Waals surface area contributed by atoms with Crippen LogP contribution in [0.4, 0.5) is 5.69 Å². The van der Waals surface area contributed by atoms with Crippen molar-refractivity contribution in [3.05, 3.63) is 64.4 Å². The largest absolute Gasteiger partial charge is 0.449 e. The number of benzene rings is 2. The molecule has 0 saturated heterocycles. The monoisotopic (exact) mass is 384 g/mol. The van der Waals surface area contributed by atoms with Crippen molar-refractivity contribution in [3.8, 4) is 5.75 Å². The topological polar surface area (TPSA) is 67.4 Å². The molecule has 6 heteroatoms. The highest BCUT2D eigenvalue weighted by atomic mass is 35.5. The van der Waals surface area contributed by atoms with Gasteiger partial charge >= 0.3 is 0 Å². The van der Waals surface area contributed by atoms with Gasteiger partial charge in [0, 0.05) is 17.1 Å². The van der Waals surface area contributed by atoms with E-state index >= 15 is 0 Å². The summed E-state index contributed by atoms with van der Waals surface area (Å²) in [4.78, 5) is 24.6. The zero-order valence-electron chi connectivity index (χ0n) is 15.2. The minimum atomic E-state index is -0.366. The molecule has 0 saturated carbocycles. The van der Waals surface area contributed by atoms with Crippen LogP contribution in [0.15, 0.2) is 48.2 Å². The third-order valence-corrected chi connectivity index (χ3v) is 4.36. The van der Waals surface area contributed by atoms with E-state index in [-0.39, 0.29) is 17.6 Å². The molecule has 2 N–H and O–H groups in total. The number of fused-ring (bicyclic) bond motifs is 1. The van der Waals surface area contributed by atoms with E-state index in [9.17, 15) is 9.59 Å². The van der Waals surface area contributed by atoms with Gasteiger partial charge in [0.1, 0.15) is 0 Å². The third-order valence-electron chi connectivity index (χ3n) is 4.11. The maximum absolute atomic E-state index is 12.3. The summed E-state index contributed by atoms with van der Waals surface area (Å²) >= 11 is 5.87. The standard InChI is InChI=1S/C21H21ClN2O3/c1-13(2)9-10-23-20(25)15-5-8-18-17(12-15)24-21(26)19(27-18)11-14-3-6-16(22)7-4-14/h3-8,11-13H,9-10H2,1-2H3,(H,23,25)(H,24,26). The van der Waals surface area contributed by atoms with Gasteiger partial charge in [0.2, 0.25) is 0 Å². The van der Waals surface area contributed by atoms with E-state index in [0.29, 0.717) is 34.5 Å². The molecule has 1 aliphatic rings. The molecular formula is C21H21ClN2O3. The minimum absolute atomic E-state index is 0.171. The average molecular weight is 385 g/mol. The molecule has 2 aromatic rings. The Kier molecular flexibility index (Phi) is 5.81. The highest BCUT2D eigenvalue weighted by Crippen LogP contribution is 2.32. The Morgan fingerprint density at radius 1 is 1.22 bits per heavy atom. The summed E-state index contributed by atoms with van der Waals surface area (Å²) < 4.78 is 5.71. The van der Waals surface area contributed by atoms with Gasteiger partial charge in [-0.2, -0.15) is 0 Å². The van der Waals surface area contributed by atoms with E-state index in [1.165, 1.54) is 0 Å². The van der Waals surface area contributed by atoms with Crippen molar-refractivity contribution in [3.63, 3.8) is 0 Å². The first-order valence-corrected chi connectivity index (χ1v) is 9.19. The number of nitrogens with one attached hydrogen (secondary N) is 2. The Morgan fingerprint density at radius 2 is 1.96 bits per heavy atom. The molecule has 0 spiro atoms. The first-order chi connectivity index (χ1) is 12.9. The molecule has 1 aliphatic heterocycles. The fourth-order valence-corrected chi connectivity index (χ4v) is 2.71. The summed E-state index contributed by atoms with van der Waals surface area (Å²) in [7, 11) is 0. The molecule has 27 heavy (non-hydrogen) atoms. The summed E-state index contributed by atoms with van der Waals surface area (Å²) in [6.07, 6.45) is 2.55. The van der Waals surface area contributed by atoms with Gasteiger partial charge < -0.3 is 15.4 Å². The second-order valence-electron chi connectivity index (χ2n) is 6.77. The lowest BCUT2D eigenvalue weighted by Crippen LogP contribution is -2.27. The van der Waals surface area contributed by atoms with Gasteiger partial charge in [-0.25, -0.2) is 0 Å². The molecular weight excluding hydrogens is 364 g/mol. The molecule has 2 aromatic carbocycles.